The first-order valence-corrected chi connectivity index (χ1v) is 5.17. The first-order valence-electron chi connectivity index (χ1n) is 5.17. The summed E-state index contributed by atoms with van der Waals surface area (Å²) >= 11 is 0. The average Bonchev–Trinajstić information content (AvgIpc) is 2.33. The fraction of sp³-hybridized carbons (Fsp3) is 0.417. The summed E-state index contributed by atoms with van der Waals surface area (Å²) in [5.74, 6) is 0. The van der Waals surface area contributed by atoms with Gasteiger partial charge in [0.25, 0.3) is 0 Å². The molecule has 0 N–H and O–H groups in total. The Labute approximate surface area is 94.3 Å². The maximum absolute atomic E-state index is 12.1. The quantitative estimate of drug-likeness (QED) is 0.650. The zero-order chi connectivity index (χ0) is 13.2. The molecule has 0 fully saturated rings. The summed E-state index contributed by atoms with van der Waals surface area (Å²) in [6.07, 6.45) is -4.25. The van der Waals surface area contributed by atoms with Crippen LogP contribution in [-0.4, -0.2) is 6.29 Å². The Kier molecular flexibility index (Phi) is 9.55. The molecule has 0 heterocycles. The van der Waals surface area contributed by atoms with E-state index in [-0.39, 0.29) is 11.8 Å². The molecule has 0 saturated carbocycles. The fourth-order valence-electron chi connectivity index (χ4n) is 0.858. The van der Waals surface area contributed by atoms with Gasteiger partial charge in [0, 0.05) is 5.56 Å². The first kappa shape index (κ1) is 17.1. The minimum absolute atomic E-state index is 0.197. The van der Waals surface area contributed by atoms with Crippen LogP contribution in [0.4, 0.5) is 13.2 Å². The summed E-state index contributed by atoms with van der Waals surface area (Å²) in [6.45, 7) is 8.00. The van der Waals surface area contributed by atoms with Gasteiger partial charge in [0.2, 0.25) is 0 Å². The Balaban J connectivity index is 0. The third-order valence-corrected chi connectivity index (χ3v) is 1.39. The first-order chi connectivity index (χ1) is 7.55. The van der Waals surface area contributed by atoms with Gasteiger partial charge in [0.05, 0.1) is 5.56 Å². The summed E-state index contributed by atoms with van der Waals surface area (Å²) < 4.78 is 36.2. The number of halogens is 3. The van der Waals surface area contributed by atoms with Gasteiger partial charge in [0.15, 0.2) is 6.29 Å². The van der Waals surface area contributed by atoms with Gasteiger partial charge < -0.3 is 0 Å². The van der Waals surface area contributed by atoms with Crippen molar-refractivity contribution in [1.82, 2.24) is 0 Å². The van der Waals surface area contributed by atoms with Crippen LogP contribution < -0.4 is 0 Å². The number of rotatable bonds is 1. The zero-order valence-corrected chi connectivity index (χ0v) is 9.93. The molecular formula is C12H17F3O. The molecule has 0 aliphatic rings. The average molecular weight is 234 g/mol. The Hall–Kier alpha value is -1.32. The second-order valence-corrected chi connectivity index (χ2v) is 2.20. The molecule has 0 spiro atoms. The second kappa shape index (κ2) is 8.95. The van der Waals surface area contributed by atoms with E-state index in [0.717, 1.165) is 12.1 Å². The van der Waals surface area contributed by atoms with Gasteiger partial charge in [-0.05, 0) is 6.07 Å². The van der Waals surface area contributed by atoms with Gasteiger partial charge in [-0.25, -0.2) is 0 Å². The van der Waals surface area contributed by atoms with Crippen LogP contribution in [0, 0.1) is 0 Å². The van der Waals surface area contributed by atoms with Crippen molar-refractivity contribution in [2.75, 3.05) is 0 Å². The van der Waals surface area contributed by atoms with E-state index in [1.165, 1.54) is 12.1 Å². The van der Waals surface area contributed by atoms with E-state index in [9.17, 15) is 18.0 Å². The molecule has 1 nitrogen and oxygen atoms in total. The third-order valence-electron chi connectivity index (χ3n) is 1.39. The molecule has 1 rings (SSSR count). The number of benzene rings is 1. The molecule has 0 saturated heterocycles. The van der Waals surface area contributed by atoms with Crippen molar-refractivity contribution in [3.8, 4) is 0 Å². The van der Waals surface area contributed by atoms with Gasteiger partial charge in [0.1, 0.15) is 0 Å². The number of hydrogen-bond donors (Lipinski definition) is 0. The van der Waals surface area contributed by atoms with Crippen LogP contribution in [-0.2, 0) is 6.18 Å². The lowest BCUT2D eigenvalue weighted by atomic mass is 10.1. The lowest BCUT2D eigenvalue weighted by Crippen LogP contribution is -2.08. The highest BCUT2D eigenvalue weighted by molar-refractivity contribution is 5.77. The van der Waals surface area contributed by atoms with Crippen molar-refractivity contribution < 1.29 is 18.0 Å². The van der Waals surface area contributed by atoms with E-state index in [1.54, 1.807) is 0 Å². The molecule has 0 radical (unpaired) electrons. The zero-order valence-electron chi connectivity index (χ0n) is 9.93. The molecule has 92 valence electrons. The fourth-order valence-corrected chi connectivity index (χ4v) is 0.858. The lowest BCUT2D eigenvalue weighted by molar-refractivity contribution is -0.137. The van der Waals surface area contributed by atoms with Gasteiger partial charge >= 0.3 is 6.18 Å². The van der Waals surface area contributed by atoms with E-state index in [4.69, 9.17) is 0 Å². The molecule has 1 aromatic carbocycles. The van der Waals surface area contributed by atoms with Crippen molar-refractivity contribution in [1.29, 1.82) is 0 Å². The molecule has 0 aliphatic heterocycles. The Bertz CT molecular complexity index is 293. The van der Waals surface area contributed by atoms with E-state index in [1.807, 2.05) is 27.7 Å². The molecule has 0 amide bonds. The minimum Gasteiger partial charge on any atom is -0.298 e. The summed E-state index contributed by atoms with van der Waals surface area (Å²) in [7, 11) is 0. The Morgan fingerprint density at radius 1 is 1.00 bits per heavy atom. The summed E-state index contributed by atoms with van der Waals surface area (Å²) in [5.41, 5.74) is -1.22. The maximum atomic E-state index is 12.1. The van der Waals surface area contributed by atoms with E-state index in [2.05, 4.69) is 0 Å². The van der Waals surface area contributed by atoms with Crippen LogP contribution >= 0.6 is 0 Å². The molecule has 4 heteroatoms. The van der Waals surface area contributed by atoms with Crippen LogP contribution in [0.5, 0.6) is 0 Å². The SMILES string of the molecule is CC.CC.O=Cc1ccccc1C(F)(F)F. The highest BCUT2D eigenvalue weighted by atomic mass is 19.4. The van der Waals surface area contributed by atoms with Gasteiger partial charge in [-0.3, -0.25) is 4.79 Å². The van der Waals surface area contributed by atoms with Crippen molar-refractivity contribution in [3.05, 3.63) is 35.4 Å². The largest absolute Gasteiger partial charge is 0.417 e. The van der Waals surface area contributed by atoms with Gasteiger partial charge in [-0.1, -0.05) is 45.9 Å². The van der Waals surface area contributed by atoms with E-state index in [0.29, 0.717) is 0 Å². The highest BCUT2D eigenvalue weighted by Gasteiger charge is 2.32. The molecular weight excluding hydrogens is 217 g/mol. The predicted molar refractivity (Wildman–Crippen MR) is 59.5 cm³/mol. The number of hydrogen-bond acceptors (Lipinski definition) is 1. The molecule has 0 bridgehead atoms. The number of carbonyl (C=O) groups is 1. The van der Waals surface area contributed by atoms with Crippen molar-refractivity contribution in [2.45, 2.75) is 33.9 Å². The van der Waals surface area contributed by atoms with Crippen molar-refractivity contribution >= 4 is 6.29 Å². The topological polar surface area (TPSA) is 17.1 Å². The number of carbonyl (C=O) groups excluding carboxylic acids is 1. The van der Waals surface area contributed by atoms with Gasteiger partial charge in [-0.2, -0.15) is 13.2 Å². The Morgan fingerprint density at radius 3 is 1.75 bits per heavy atom. The molecule has 1 aromatic rings. The summed E-state index contributed by atoms with van der Waals surface area (Å²) in [6, 6.07) is 4.65. The summed E-state index contributed by atoms with van der Waals surface area (Å²) in [4.78, 5) is 10.2. The lowest BCUT2D eigenvalue weighted by Gasteiger charge is -2.07. The normalized spacial score (nSPS) is 9.19. The van der Waals surface area contributed by atoms with E-state index >= 15 is 0 Å². The smallest absolute Gasteiger partial charge is 0.298 e. The van der Waals surface area contributed by atoms with Crippen LogP contribution in [0.1, 0.15) is 43.6 Å². The van der Waals surface area contributed by atoms with Crippen LogP contribution in [0.3, 0.4) is 0 Å². The number of alkyl halides is 3. The summed E-state index contributed by atoms with van der Waals surface area (Å²) in [5, 5.41) is 0. The second-order valence-electron chi connectivity index (χ2n) is 2.20. The highest BCUT2D eigenvalue weighted by Crippen LogP contribution is 2.30. The molecule has 0 unspecified atom stereocenters. The molecule has 16 heavy (non-hydrogen) atoms. The van der Waals surface area contributed by atoms with Crippen LogP contribution in [0.15, 0.2) is 24.3 Å². The van der Waals surface area contributed by atoms with E-state index < -0.39 is 11.7 Å². The predicted octanol–water partition coefficient (Wildman–Crippen LogP) is 4.57. The van der Waals surface area contributed by atoms with Crippen LogP contribution in [0.2, 0.25) is 0 Å². The number of aldehydes is 1. The maximum Gasteiger partial charge on any atom is 0.417 e. The standard InChI is InChI=1S/C8H5F3O.2C2H6/c9-8(10,11)7-4-2-1-3-6(7)5-12;2*1-2/h1-5H;2*1-2H3. The Morgan fingerprint density at radius 2 is 1.44 bits per heavy atom. The van der Waals surface area contributed by atoms with Crippen molar-refractivity contribution in [3.63, 3.8) is 0 Å². The molecule has 0 atom stereocenters. The molecule has 0 aromatic heterocycles. The minimum atomic E-state index is -4.45. The molecule has 0 aliphatic carbocycles. The van der Waals surface area contributed by atoms with Crippen molar-refractivity contribution in [2.24, 2.45) is 0 Å². The van der Waals surface area contributed by atoms with Gasteiger partial charge in [-0.15, -0.1) is 0 Å². The third kappa shape index (κ3) is 5.53. The monoisotopic (exact) mass is 234 g/mol. The van der Waals surface area contributed by atoms with Crippen LogP contribution in [0.25, 0.3) is 0 Å².